The molecule has 0 aliphatic carbocycles. The molecule has 0 bridgehead atoms. The normalized spacial score (nSPS) is 10.7. The summed E-state index contributed by atoms with van der Waals surface area (Å²) in [4.78, 5) is 15.1. The predicted octanol–water partition coefficient (Wildman–Crippen LogP) is 3.55. The second-order valence-electron chi connectivity index (χ2n) is 3.99. The highest BCUT2D eigenvalue weighted by atomic mass is 16.5. The zero-order valence-electron chi connectivity index (χ0n) is 10.2. The molecule has 0 aliphatic rings. The molecule has 1 N–H and O–H groups in total. The molecule has 1 heterocycles. The van der Waals surface area contributed by atoms with Gasteiger partial charge in [-0.15, -0.1) is 0 Å². The lowest BCUT2D eigenvalue weighted by molar-refractivity contribution is 0.0983. The third kappa shape index (κ3) is 2.18. The SMILES string of the molecule is CCCC(=O)c1c[nH]c2cccc(OCC)c12. The Morgan fingerprint density at radius 2 is 2.18 bits per heavy atom. The molecule has 3 nitrogen and oxygen atoms in total. The minimum absolute atomic E-state index is 0.172. The largest absolute Gasteiger partial charge is 0.493 e. The van der Waals surface area contributed by atoms with Gasteiger partial charge in [0.15, 0.2) is 5.78 Å². The van der Waals surface area contributed by atoms with Gasteiger partial charge >= 0.3 is 0 Å². The maximum atomic E-state index is 12.0. The molecule has 1 aromatic heterocycles. The Labute approximate surface area is 101 Å². The van der Waals surface area contributed by atoms with Gasteiger partial charge in [0.2, 0.25) is 0 Å². The van der Waals surface area contributed by atoms with Crippen molar-refractivity contribution >= 4 is 16.7 Å². The highest BCUT2D eigenvalue weighted by Crippen LogP contribution is 2.29. The molecule has 1 aromatic carbocycles. The molecule has 0 fully saturated rings. The van der Waals surface area contributed by atoms with E-state index >= 15 is 0 Å². The number of nitrogens with one attached hydrogen (secondary N) is 1. The van der Waals surface area contributed by atoms with E-state index in [9.17, 15) is 4.79 Å². The number of H-pyrrole nitrogens is 1. The van der Waals surface area contributed by atoms with Gasteiger partial charge in [-0.25, -0.2) is 0 Å². The quantitative estimate of drug-likeness (QED) is 0.799. The van der Waals surface area contributed by atoms with Gasteiger partial charge in [0.1, 0.15) is 5.75 Å². The number of aromatic nitrogens is 1. The van der Waals surface area contributed by atoms with Gasteiger partial charge < -0.3 is 9.72 Å². The Hall–Kier alpha value is -1.77. The standard InChI is InChI=1S/C14H17NO2/c1-3-6-12(16)10-9-15-11-7-5-8-13(14(10)11)17-4-2/h5,7-9,15H,3-4,6H2,1-2H3. The maximum Gasteiger partial charge on any atom is 0.165 e. The number of aromatic amines is 1. The van der Waals surface area contributed by atoms with Crippen LogP contribution in [0.3, 0.4) is 0 Å². The minimum atomic E-state index is 0.172. The molecule has 2 rings (SSSR count). The summed E-state index contributed by atoms with van der Waals surface area (Å²) >= 11 is 0. The van der Waals surface area contributed by atoms with Crippen LogP contribution in [0.5, 0.6) is 5.75 Å². The van der Waals surface area contributed by atoms with Gasteiger partial charge in [0, 0.05) is 23.7 Å². The molecule has 0 amide bonds. The summed E-state index contributed by atoms with van der Waals surface area (Å²) in [5, 5.41) is 0.910. The van der Waals surface area contributed by atoms with E-state index < -0.39 is 0 Å². The number of Topliss-reactive ketones (excluding diaryl/α,β-unsaturated/α-hetero) is 1. The van der Waals surface area contributed by atoms with E-state index in [4.69, 9.17) is 4.74 Å². The summed E-state index contributed by atoms with van der Waals surface area (Å²) < 4.78 is 5.57. The van der Waals surface area contributed by atoms with Crippen molar-refractivity contribution in [2.45, 2.75) is 26.7 Å². The van der Waals surface area contributed by atoms with Crippen LogP contribution in [-0.2, 0) is 0 Å². The fourth-order valence-corrected chi connectivity index (χ4v) is 2.01. The minimum Gasteiger partial charge on any atom is -0.493 e. The molecule has 17 heavy (non-hydrogen) atoms. The number of carbonyl (C=O) groups excluding carboxylic acids is 1. The van der Waals surface area contributed by atoms with Crippen molar-refractivity contribution in [1.82, 2.24) is 4.98 Å². The molecule has 0 radical (unpaired) electrons. The third-order valence-corrected chi connectivity index (χ3v) is 2.74. The molecule has 0 spiro atoms. The molecular formula is C14H17NO2. The molecule has 2 aromatic rings. The first-order valence-electron chi connectivity index (χ1n) is 6.04. The van der Waals surface area contributed by atoms with E-state index in [1.807, 2.05) is 32.0 Å². The van der Waals surface area contributed by atoms with E-state index in [-0.39, 0.29) is 5.78 Å². The van der Waals surface area contributed by atoms with Gasteiger partial charge in [0.05, 0.1) is 12.0 Å². The Kier molecular flexibility index (Phi) is 3.47. The van der Waals surface area contributed by atoms with E-state index in [0.717, 1.165) is 28.6 Å². The van der Waals surface area contributed by atoms with Crippen LogP contribution in [-0.4, -0.2) is 17.4 Å². The summed E-state index contributed by atoms with van der Waals surface area (Å²) in [6, 6.07) is 5.79. The first-order valence-corrected chi connectivity index (χ1v) is 6.04. The van der Waals surface area contributed by atoms with Crippen LogP contribution >= 0.6 is 0 Å². The highest BCUT2D eigenvalue weighted by Gasteiger charge is 2.14. The van der Waals surface area contributed by atoms with Crippen LogP contribution < -0.4 is 4.74 Å². The van der Waals surface area contributed by atoms with Gasteiger partial charge in [-0.2, -0.15) is 0 Å². The lowest BCUT2D eigenvalue weighted by Gasteiger charge is -2.06. The van der Waals surface area contributed by atoms with Crippen LogP contribution in [0, 0.1) is 0 Å². The fraction of sp³-hybridized carbons (Fsp3) is 0.357. The molecule has 0 saturated heterocycles. The van der Waals surface area contributed by atoms with Crippen molar-refractivity contribution in [2.75, 3.05) is 6.61 Å². The summed E-state index contributed by atoms with van der Waals surface area (Å²) in [5.41, 5.74) is 1.70. The predicted molar refractivity (Wildman–Crippen MR) is 68.7 cm³/mol. The molecule has 0 unspecified atom stereocenters. The summed E-state index contributed by atoms with van der Waals surface area (Å²) in [7, 11) is 0. The van der Waals surface area contributed by atoms with E-state index in [2.05, 4.69) is 4.98 Å². The second kappa shape index (κ2) is 5.04. The lowest BCUT2D eigenvalue weighted by atomic mass is 10.1. The molecule has 0 aliphatic heterocycles. The smallest absolute Gasteiger partial charge is 0.165 e. The van der Waals surface area contributed by atoms with Crippen molar-refractivity contribution in [2.24, 2.45) is 0 Å². The number of benzene rings is 1. The number of rotatable bonds is 5. The highest BCUT2D eigenvalue weighted by molar-refractivity contribution is 6.09. The van der Waals surface area contributed by atoms with Gasteiger partial charge in [-0.1, -0.05) is 13.0 Å². The first-order chi connectivity index (χ1) is 8.27. The van der Waals surface area contributed by atoms with Crippen molar-refractivity contribution in [3.63, 3.8) is 0 Å². The zero-order chi connectivity index (χ0) is 12.3. The number of carbonyl (C=O) groups is 1. The maximum absolute atomic E-state index is 12.0. The molecule has 0 atom stereocenters. The van der Waals surface area contributed by atoms with Crippen molar-refractivity contribution in [3.05, 3.63) is 30.0 Å². The molecule has 0 saturated carbocycles. The summed E-state index contributed by atoms with van der Waals surface area (Å²) in [6.07, 6.45) is 3.22. The molecule has 3 heteroatoms. The number of ether oxygens (including phenoxy) is 1. The van der Waals surface area contributed by atoms with Crippen LogP contribution in [0.2, 0.25) is 0 Å². The topological polar surface area (TPSA) is 42.1 Å². The Bertz CT molecular complexity index is 528. The number of hydrogen-bond acceptors (Lipinski definition) is 2. The van der Waals surface area contributed by atoms with Gasteiger partial charge in [-0.05, 0) is 25.5 Å². The molecule has 90 valence electrons. The van der Waals surface area contributed by atoms with Crippen LogP contribution in [0.25, 0.3) is 10.9 Å². The van der Waals surface area contributed by atoms with Gasteiger partial charge in [-0.3, -0.25) is 4.79 Å². The monoisotopic (exact) mass is 231 g/mol. The average molecular weight is 231 g/mol. The van der Waals surface area contributed by atoms with Crippen LogP contribution in [0.4, 0.5) is 0 Å². The Balaban J connectivity index is 2.52. The van der Waals surface area contributed by atoms with E-state index in [1.165, 1.54) is 0 Å². The van der Waals surface area contributed by atoms with Crippen molar-refractivity contribution in [1.29, 1.82) is 0 Å². The van der Waals surface area contributed by atoms with Crippen molar-refractivity contribution < 1.29 is 9.53 Å². The fourth-order valence-electron chi connectivity index (χ4n) is 2.01. The zero-order valence-corrected chi connectivity index (χ0v) is 10.2. The number of ketones is 1. The third-order valence-electron chi connectivity index (χ3n) is 2.74. The van der Waals surface area contributed by atoms with Crippen molar-refractivity contribution in [3.8, 4) is 5.75 Å². The van der Waals surface area contributed by atoms with E-state index in [0.29, 0.717) is 13.0 Å². The lowest BCUT2D eigenvalue weighted by Crippen LogP contribution is -1.98. The number of fused-ring (bicyclic) bond motifs is 1. The number of hydrogen-bond donors (Lipinski definition) is 1. The second-order valence-corrected chi connectivity index (χ2v) is 3.99. The van der Waals surface area contributed by atoms with Crippen LogP contribution in [0.15, 0.2) is 24.4 Å². The summed E-state index contributed by atoms with van der Waals surface area (Å²) in [6.45, 7) is 4.56. The first kappa shape index (κ1) is 11.7. The van der Waals surface area contributed by atoms with Crippen LogP contribution in [0.1, 0.15) is 37.0 Å². The van der Waals surface area contributed by atoms with Gasteiger partial charge in [0.25, 0.3) is 0 Å². The Morgan fingerprint density at radius 3 is 2.88 bits per heavy atom. The summed E-state index contributed by atoms with van der Waals surface area (Å²) in [5.74, 6) is 0.955. The molecular weight excluding hydrogens is 214 g/mol. The average Bonchev–Trinajstić information content (AvgIpc) is 2.74. The Morgan fingerprint density at radius 1 is 1.35 bits per heavy atom. The van der Waals surface area contributed by atoms with E-state index in [1.54, 1.807) is 6.20 Å².